The molecule has 0 radical (unpaired) electrons. The fourth-order valence-electron chi connectivity index (χ4n) is 1.93. The van der Waals surface area contributed by atoms with Crippen LogP contribution in [-0.2, 0) is 13.0 Å². The Morgan fingerprint density at radius 2 is 1.74 bits per heavy atom. The molecule has 0 N–H and O–H groups in total. The van der Waals surface area contributed by atoms with E-state index in [4.69, 9.17) is 0 Å². The number of carbonyl (C=O) groups is 1. The van der Waals surface area contributed by atoms with Crippen molar-refractivity contribution in [3.8, 4) is 0 Å². The van der Waals surface area contributed by atoms with E-state index in [1.807, 2.05) is 42.5 Å². The van der Waals surface area contributed by atoms with Gasteiger partial charge in [-0.15, -0.1) is 9.60 Å². The van der Waals surface area contributed by atoms with Gasteiger partial charge in [0.2, 0.25) is 0 Å². The van der Waals surface area contributed by atoms with Crippen molar-refractivity contribution in [3.05, 3.63) is 71.3 Å². The van der Waals surface area contributed by atoms with Crippen molar-refractivity contribution in [2.24, 2.45) is 0 Å². The lowest BCUT2D eigenvalue weighted by Gasteiger charge is -2.12. The van der Waals surface area contributed by atoms with Crippen molar-refractivity contribution in [2.45, 2.75) is 13.0 Å². The maximum atomic E-state index is 13.7. The fraction of sp³-hybridized carbons (Fsp3) is 0.188. The van der Waals surface area contributed by atoms with Crippen LogP contribution in [0.1, 0.15) is 21.5 Å². The molecule has 98 valence electrons. The van der Waals surface area contributed by atoms with Gasteiger partial charge in [-0.1, -0.05) is 48.5 Å². The van der Waals surface area contributed by atoms with E-state index in [1.165, 1.54) is 0 Å². The minimum Gasteiger partial charge on any atom is -0.298 e. The van der Waals surface area contributed by atoms with Crippen LogP contribution >= 0.6 is 0 Å². The van der Waals surface area contributed by atoms with Crippen LogP contribution in [0.15, 0.2) is 54.6 Å². The van der Waals surface area contributed by atoms with Gasteiger partial charge in [0, 0.05) is 12.1 Å². The maximum absolute atomic E-state index is 13.7. The molecular formula is C16H16FNO. The molecule has 2 aromatic rings. The maximum Gasteiger partial charge on any atom is 0.150 e. The average Bonchev–Trinajstić information content (AvgIpc) is 2.46. The largest absolute Gasteiger partial charge is 0.298 e. The van der Waals surface area contributed by atoms with E-state index < -0.39 is 0 Å². The number of nitrogens with zero attached hydrogens (tertiary/aromatic N) is 1. The molecule has 19 heavy (non-hydrogen) atoms. The monoisotopic (exact) mass is 257 g/mol. The van der Waals surface area contributed by atoms with Crippen molar-refractivity contribution in [1.29, 1.82) is 0 Å². The minimum atomic E-state index is 0.286. The molecule has 2 rings (SSSR count). The Kier molecular flexibility index (Phi) is 4.81. The smallest absolute Gasteiger partial charge is 0.150 e. The van der Waals surface area contributed by atoms with E-state index >= 15 is 0 Å². The average molecular weight is 257 g/mol. The summed E-state index contributed by atoms with van der Waals surface area (Å²) in [7, 11) is 0. The van der Waals surface area contributed by atoms with Crippen molar-refractivity contribution >= 4 is 6.29 Å². The van der Waals surface area contributed by atoms with Crippen LogP contribution in [-0.4, -0.2) is 18.0 Å². The summed E-state index contributed by atoms with van der Waals surface area (Å²) in [6.07, 6.45) is 1.39. The SMILES string of the molecule is O=Cc1cccc(CCN(F)Cc2ccccc2)c1. The molecule has 0 aliphatic rings. The van der Waals surface area contributed by atoms with Gasteiger partial charge >= 0.3 is 0 Å². The Hall–Kier alpha value is -2.00. The van der Waals surface area contributed by atoms with Gasteiger partial charge in [-0.05, 0) is 23.6 Å². The van der Waals surface area contributed by atoms with Gasteiger partial charge in [-0.25, -0.2) is 0 Å². The summed E-state index contributed by atoms with van der Waals surface area (Å²) < 4.78 is 13.7. The Balaban J connectivity index is 1.86. The summed E-state index contributed by atoms with van der Waals surface area (Å²) in [6, 6.07) is 16.8. The molecule has 2 aromatic carbocycles. The number of carbonyl (C=O) groups excluding carboxylic acids is 1. The second-order valence-corrected chi connectivity index (χ2v) is 4.44. The summed E-state index contributed by atoms with van der Waals surface area (Å²) in [5, 5.41) is 0.795. The molecule has 0 atom stereocenters. The third kappa shape index (κ3) is 4.30. The van der Waals surface area contributed by atoms with Crippen LogP contribution in [0.2, 0.25) is 0 Å². The number of hydrogen-bond donors (Lipinski definition) is 0. The first-order valence-corrected chi connectivity index (χ1v) is 6.27. The highest BCUT2D eigenvalue weighted by atomic mass is 19.2. The molecule has 0 spiro atoms. The molecule has 0 unspecified atom stereocenters. The predicted molar refractivity (Wildman–Crippen MR) is 73.5 cm³/mol. The van der Waals surface area contributed by atoms with Crippen molar-refractivity contribution in [1.82, 2.24) is 5.12 Å². The van der Waals surface area contributed by atoms with Gasteiger partial charge in [0.25, 0.3) is 0 Å². The molecule has 0 bridgehead atoms. The second-order valence-electron chi connectivity index (χ2n) is 4.44. The molecule has 2 nitrogen and oxygen atoms in total. The number of rotatable bonds is 6. The van der Waals surface area contributed by atoms with Gasteiger partial charge in [-0.3, -0.25) is 4.79 Å². The first-order valence-electron chi connectivity index (χ1n) is 6.27. The standard InChI is InChI=1S/C16H16FNO/c17-18(12-15-5-2-1-3-6-15)10-9-14-7-4-8-16(11-14)13-19/h1-8,11,13H,9-10,12H2. The van der Waals surface area contributed by atoms with Gasteiger partial charge in [-0.2, -0.15) is 0 Å². The first-order chi connectivity index (χ1) is 9.28. The van der Waals surface area contributed by atoms with Crippen LogP contribution in [0.5, 0.6) is 0 Å². The molecule has 0 fully saturated rings. The van der Waals surface area contributed by atoms with E-state index in [-0.39, 0.29) is 6.54 Å². The Bertz CT molecular complexity index is 527. The normalized spacial score (nSPS) is 10.6. The number of benzene rings is 2. The van der Waals surface area contributed by atoms with Crippen LogP contribution in [0.4, 0.5) is 4.48 Å². The van der Waals surface area contributed by atoms with Crippen molar-refractivity contribution in [2.75, 3.05) is 6.54 Å². The highest BCUT2D eigenvalue weighted by Gasteiger charge is 2.04. The van der Waals surface area contributed by atoms with E-state index in [2.05, 4.69) is 0 Å². The van der Waals surface area contributed by atoms with Crippen LogP contribution in [0.25, 0.3) is 0 Å². The molecule has 0 heterocycles. The summed E-state index contributed by atoms with van der Waals surface area (Å²) in [4.78, 5) is 10.7. The Morgan fingerprint density at radius 1 is 1.00 bits per heavy atom. The van der Waals surface area contributed by atoms with Crippen molar-refractivity contribution in [3.63, 3.8) is 0 Å². The van der Waals surface area contributed by atoms with Gasteiger partial charge in [0.15, 0.2) is 0 Å². The highest BCUT2D eigenvalue weighted by molar-refractivity contribution is 5.74. The van der Waals surface area contributed by atoms with Gasteiger partial charge < -0.3 is 0 Å². The number of aldehydes is 1. The van der Waals surface area contributed by atoms with Crippen LogP contribution in [0.3, 0.4) is 0 Å². The van der Waals surface area contributed by atoms with Crippen LogP contribution < -0.4 is 0 Å². The third-order valence-corrected chi connectivity index (χ3v) is 2.93. The van der Waals surface area contributed by atoms with Gasteiger partial charge in [0.05, 0.1) is 6.54 Å². The van der Waals surface area contributed by atoms with Gasteiger partial charge in [0.1, 0.15) is 6.29 Å². The van der Waals surface area contributed by atoms with Crippen molar-refractivity contribution < 1.29 is 9.28 Å². The summed E-state index contributed by atoms with van der Waals surface area (Å²) in [5.41, 5.74) is 2.55. The zero-order chi connectivity index (χ0) is 13.5. The molecule has 0 aliphatic carbocycles. The second kappa shape index (κ2) is 6.81. The minimum absolute atomic E-state index is 0.286. The zero-order valence-corrected chi connectivity index (χ0v) is 10.6. The molecule has 0 amide bonds. The van der Waals surface area contributed by atoms with E-state index in [1.54, 1.807) is 12.1 Å². The lowest BCUT2D eigenvalue weighted by molar-refractivity contribution is 0.0172. The van der Waals surface area contributed by atoms with E-state index in [0.29, 0.717) is 18.5 Å². The van der Waals surface area contributed by atoms with E-state index in [0.717, 1.165) is 22.5 Å². The number of halogens is 1. The fourth-order valence-corrected chi connectivity index (χ4v) is 1.93. The summed E-state index contributed by atoms with van der Waals surface area (Å²) in [6.45, 7) is 0.603. The molecule has 0 saturated heterocycles. The quantitative estimate of drug-likeness (QED) is 0.583. The van der Waals surface area contributed by atoms with Crippen LogP contribution in [0, 0.1) is 0 Å². The molecule has 0 aliphatic heterocycles. The van der Waals surface area contributed by atoms with E-state index in [9.17, 15) is 9.28 Å². The lowest BCUT2D eigenvalue weighted by atomic mass is 10.1. The number of hydrogen-bond acceptors (Lipinski definition) is 2. The third-order valence-electron chi connectivity index (χ3n) is 2.93. The highest BCUT2D eigenvalue weighted by Crippen LogP contribution is 2.08. The molecule has 3 heteroatoms. The Morgan fingerprint density at radius 3 is 2.47 bits per heavy atom. The summed E-state index contributed by atoms with van der Waals surface area (Å²) >= 11 is 0. The topological polar surface area (TPSA) is 20.3 Å². The molecule has 0 aromatic heterocycles. The summed E-state index contributed by atoms with van der Waals surface area (Å²) in [5.74, 6) is 0. The zero-order valence-electron chi connectivity index (χ0n) is 10.6. The molecular weight excluding hydrogens is 241 g/mol. The first kappa shape index (κ1) is 13.4. The molecule has 0 saturated carbocycles. The Labute approximate surface area is 112 Å². The predicted octanol–water partition coefficient (Wildman–Crippen LogP) is 3.43. The lowest BCUT2D eigenvalue weighted by Crippen LogP contribution is -2.16.